The fourth-order valence-electron chi connectivity index (χ4n) is 5.59. The van der Waals surface area contributed by atoms with Crippen molar-refractivity contribution in [2.75, 3.05) is 12.3 Å². The minimum atomic E-state index is -1.89. The van der Waals surface area contributed by atoms with Crippen LogP contribution < -0.4 is 5.73 Å². The average Bonchev–Trinajstić information content (AvgIpc) is 3.51. The first kappa shape index (κ1) is 20.2. The minimum Gasteiger partial charge on any atom is -0.463 e. The molecule has 2 aromatic rings. The molecule has 6 atom stereocenters. The number of nitrogen functional groups attached to an aromatic ring is 1. The summed E-state index contributed by atoms with van der Waals surface area (Å²) in [6, 6.07) is 5.13. The molecular formula is C21H25N5O5. The zero-order valence-corrected chi connectivity index (χ0v) is 16.9. The van der Waals surface area contributed by atoms with Crippen LogP contribution in [0.15, 0.2) is 18.5 Å². The lowest BCUT2D eigenvalue weighted by Crippen LogP contribution is -2.41. The van der Waals surface area contributed by atoms with Gasteiger partial charge in [0.2, 0.25) is 5.60 Å². The van der Waals surface area contributed by atoms with Gasteiger partial charge in [-0.1, -0.05) is 19.3 Å². The van der Waals surface area contributed by atoms with E-state index >= 15 is 0 Å². The molecule has 0 amide bonds. The van der Waals surface area contributed by atoms with Crippen molar-refractivity contribution in [2.24, 2.45) is 17.8 Å². The van der Waals surface area contributed by atoms with E-state index in [-0.39, 0.29) is 30.0 Å². The number of nitrogens with zero attached hydrogens (tertiary/aromatic N) is 4. The van der Waals surface area contributed by atoms with Crippen molar-refractivity contribution in [1.82, 2.24) is 14.6 Å². The highest BCUT2D eigenvalue weighted by Crippen LogP contribution is 2.47. The molecule has 3 aliphatic rings. The molecule has 5 rings (SSSR count). The summed E-state index contributed by atoms with van der Waals surface area (Å²) in [7, 11) is 0. The van der Waals surface area contributed by atoms with Crippen LogP contribution >= 0.6 is 0 Å². The molecule has 3 heterocycles. The van der Waals surface area contributed by atoms with E-state index in [1.165, 1.54) is 30.1 Å². The van der Waals surface area contributed by atoms with Crippen molar-refractivity contribution < 1.29 is 24.5 Å². The second-order valence-corrected chi connectivity index (χ2v) is 8.85. The van der Waals surface area contributed by atoms with Crippen LogP contribution in [0.4, 0.5) is 5.82 Å². The number of aliphatic hydroxyl groups excluding tert-OH is 2. The number of ether oxygens (including phenoxy) is 2. The molecule has 1 saturated heterocycles. The van der Waals surface area contributed by atoms with E-state index < -0.39 is 23.9 Å². The number of nitriles is 1. The van der Waals surface area contributed by atoms with E-state index in [9.17, 15) is 20.3 Å². The van der Waals surface area contributed by atoms with Gasteiger partial charge in [-0.15, -0.1) is 0 Å². The van der Waals surface area contributed by atoms with E-state index in [0.717, 1.165) is 12.8 Å². The number of fused-ring (bicyclic) bond motifs is 2. The number of aromatic nitrogens is 3. The van der Waals surface area contributed by atoms with Gasteiger partial charge in [0, 0.05) is 0 Å². The molecule has 10 nitrogen and oxygen atoms in total. The summed E-state index contributed by atoms with van der Waals surface area (Å²) in [6.07, 6.45) is 2.47. The van der Waals surface area contributed by atoms with Crippen LogP contribution in [0, 0.1) is 29.1 Å². The smallest absolute Gasteiger partial charge is 0.309 e. The first-order valence-corrected chi connectivity index (χ1v) is 10.6. The van der Waals surface area contributed by atoms with E-state index in [0.29, 0.717) is 17.4 Å². The summed E-state index contributed by atoms with van der Waals surface area (Å²) in [5.41, 5.74) is 4.61. The number of rotatable bonds is 4. The van der Waals surface area contributed by atoms with E-state index in [4.69, 9.17) is 15.2 Å². The summed E-state index contributed by atoms with van der Waals surface area (Å²) in [4.78, 5) is 16.5. The van der Waals surface area contributed by atoms with Crippen molar-refractivity contribution in [3.63, 3.8) is 0 Å². The van der Waals surface area contributed by atoms with Crippen LogP contribution in [0.1, 0.15) is 37.8 Å². The molecule has 2 aliphatic carbocycles. The van der Waals surface area contributed by atoms with Gasteiger partial charge >= 0.3 is 5.97 Å². The molecule has 0 aromatic carbocycles. The number of carbonyl (C=O) groups excluding carboxylic acids is 1. The number of carbonyl (C=O) groups is 1. The fraction of sp³-hybridized carbons (Fsp3) is 0.619. The third-order valence-electron chi connectivity index (χ3n) is 7.20. The molecule has 31 heavy (non-hydrogen) atoms. The zero-order valence-electron chi connectivity index (χ0n) is 16.9. The molecule has 2 aromatic heterocycles. The van der Waals surface area contributed by atoms with Gasteiger partial charge in [0.15, 0.2) is 5.82 Å². The molecular weight excluding hydrogens is 402 g/mol. The Morgan fingerprint density at radius 3 is 2.81 bits per heavy atom. The number of aliphatic hydroxyl groups is 2. The molecule has 2 saturated carbocycles. The predicted molar refractivity (Wildman–Crippen MR) is 106 cm³/mol. The SMILES string of the molecule is N#C[C@@]1(c2ccc3c(N)ncnn23)O[C@H](COC(=O)C2CC3CCCC3C2)[C@@H](O)[C@H]1O. The number of nitrogens with two attached hydrogens (primary N) is 1. The summed E-state index contributed by atoms with van der Waals surface area (Å²) in [5.74, 6) is 0.984. The lowest BCUT2D eigenvalue weighted by molar-refractivity contribution is -0.155. The first-order valence-electron chi connectivity index (χ1n) is 10.6. The molecule has 0 radical (unpaired) electrons. The molecule has 10 heteroatoms. The Morgan fingerprint density at radius 2 is 2.10 bits per heavy atom. The Labute approximate surface area is 178 Å². The first-order chi connectivity index (χ1) is 14.9. The summed E-state index contributed by atoms with van der Waals surface area (Å²) < 4.78 is 12.7. The number of anilines is 1. The van der Waals surface area contributed by atoms with Crippen LogP contribution in [0.2, 0.25) is 0 Å². The predicted octanol–water partition coefficient (Wildman–Crippen LogP) is 0.520. The zero-order chi connectivity index (χ0) is 21.8. The van der Waals surface area contributed by atoms with Crippen LogP contribution in [0.3, 0.4) is 0 Å². The number of hydrogen-bond acceptors (Lipinski definition) is 9. The van der Waals surface area contributed by atoms with Gasteiger partial charge in [0.1, 0.15) is 42.8 Å². The highest BCUT2D eigenvalue weighted by atomic mass is 16.6. The monoisotopic (exact) mass is 427 g/mol. The largest absolute Gasteiger partial charge is 0.463 e. The Kier molecular flexibility index (Phi) is 4.84. The van der Waals surface area contributed by atoms with Crippen LogP contribution in [-0.4, -0.2) is 55.7 Å². The minimum absolute atomic E-state index is 0.131. The summed E-state index contributed by atoms with van der Waals surface area (Å²) in [6.45, 7) is -0.243. The fourth-order valence-corrected chi connectivity index (χ4v) is 5.59. The Morgan fingerprint density at radius 1 is 1.35 bits per heavy atom. The van der Waals surface area contributed by atoms with Crippen LogP contribution in [0.25, 0.3) is 5.52 Å². The lowest BCUT2D eigenvalue weighted by atomic mass is 9.92. The van der Waals surface area contributed by atoms with Gasteiger partial charge < -0.3 is 25.4 Å². The van der Waals surface area contributed by atoms with Gasteiger partial charge in [0.05, 0.1) is 11.6 Å². The third-order valence-corrected chi connectivity index (χ3v) is 7.20. The number of hydrogen-bond donors (Lipinski definition) is 3. The normalized spacial score (nSPS) is 37.1. The summed E-state index contributed by atoms with van der Waals surface area (Å²) >= 11 is 0. The van der Waals surface area contributed by atoms with Gasteiger partial charge in [-0.3, -0.25) is 4.79 Å². The number of esters is 1. The Hall–Kier alpha value is -2.74. The maximum atomic E-state index is 12.6. The van der Waals surface area contributed by atoms with E-state index in [1.807, 2.05) is 6.07 Å². The van der Waals surface area contributed by atoms with Gasteiger partial charge in [-0.25, -0.2) is 9.50 Å². The molecule has 0 bridgehead atoms. The highest BCUT2D eigenvalue weighted by Gasteiger charge is 2.58. The topological polar surface area (TPSA) is 156 Å². The second kappa shape index (κ2) is 7.44. The maximum Gasteiger partial charge on any atom is 0.309 e. The second-order valence-electron chi connectivity index (χ2n) is 8.85. The molecule has 2 unspecified atom stereocenters. The van der Waals surface area contributed by atoms with Crippen LogP contribution in [-0.2, 0) is 19.9 Å². The molecule has 164 valence electrons. The van der Waals surface area contributed by atoms with Gasteiger partial charge in [0.25, 0.3) is 0 Å². The van der Waals surface area contributed by atoms with Crippen molar-refractivity contribution in [3.05, 3.63) is 24.2 Å². The van der Waals surface area contributed by atoms with Crippen molar-refractivity contribution in [1.29, 1.82) is 5.26 Å². The quantitative estimate of drug-likeness (QED) is 0.592. The van der Waals surface area contributed by atoms with E-state index in [1.54, 1.807) is 12.1 Å². The average molecular weight is 427 g/mol. The van der Waals surface area contributed by atoms with Gasteiger partial charge in [-0.2, -0.15) is 10.4 Å². The Bertz CT molecular complexity index is 1040. The molecule has 1 aliphatic heterocycles. The van der Waals surface area contributed by atoms with Crippen molar-refractivity contribution in [2.45, 2.75) is 56.0 Å². The molecule has 4 N–H and O–H groups in total. The Balaban J connectivity index is 1.32. The lowest BCUT2D eigenvalue weighted by Gasteiger charge is -2.24. The van der Waals surface area contributed by atoms with Gasteiger partial charge in [-0.05, 0) is 36.8 Å². The summed E-state index contributed by atoms with van der Waals surface area (Å²) in [5, 5.41) is 35.3. The third kappa shape index (κ3) is 3.07. The standard InChI is InChI=1S/C21H25N5O5/c22-9-21(16-5-4-14-19(23)24-10-25-26(14)16)18(28)17(27)15(31-21)8-30-20(29)13-6-11-2-1-3-12(11)7-13/h4-5,10-13,15,17-18,27-28H,1-3,6-8H2,(H2,23,24,25)/t11?,12?,13?,15-,17-,18-,21+/m1/s1. The molecule has 0 spiro atoms. The van der Waals surface area contributed by atoms with E-state index in [2.05, 4.69) is 10.1 Å². The van der Waals surface area contributed by atoms with Crippen LogP contribution in [0.5, 0.6) is 0 Å². The van der Waals surface area contributed by atoms with Crippen molar-refractivity contribution in [3.8, 4) is 6.07 Å². The highest BCUT2D eigenvalue weighted by molar-refractivity contribution is 5.73. The molecule has 3 fully saturated rings. The maximum absolute atomic E-state index is 12.6. The van der Waals surface area contributed by atoms with Crippen molar-refractivity contribution >= 4 is 17.3 Å².